The number of aromatic nitrogens is 2. The van der Waals surface area contributed by atoms with E-state index in [-0.39, 0.29) is 18.9 Å². The number of carbonyl (C=O) groups is 2. The number of hydrogen-bond acceptors (Lipinski definition) is 7. The average molecular weight is 547 g/mol. The van der Waals surface area contributed by atoms with Crippen LogP contribution in [0.1, 0.15) is 42.7 Å². The third-order valence-electron chi connectivity index (χ3n) is 6.51. The Morgan fingerprint density at radius 2 is 1.72 bits per heavy atom. The van der Waals surface area contributed by atoms with E-state index >= 15 is 0 Å². The Morgan fingerprint density at radius 1 is 1.03 bits per heavy atom. The van der Waals surface area contributed by atoms with Crippen LogP contribution < -0.4 is 4.74 Å². The SMILES string of the molecule is CCOC(=O)[C@H](OC(=O)[C@H](OC)c1ccccc1)C1(c2ccccc2OCc2ccnn2CC(F)(F)F)CC1. The van der Waals surface area contributed by atoms with Gasteiger partial charge in [-0.3, -0.25) is 4.68 Å². The van der Waals surface area contributed by atoms with Crippen LogP contribution in [0.15, 0.2) is 66.9 Å². The molecular weight excluding hydrogens is 517 g/mol. The first-order valence-corrected chi connectivity index (χ1v) is 12.4. The number of ether oxygens (including phenoxy) is 4. The molecule has 0 amide bonds. The van der Waals surface area contributed by atoms with Crippen LogP contribution in [0, 0.1) is 0 Å². The minimum absolute atomic E-state index is 0.0801. The molecule has 1 aromatic heterocycles. The molecule has 0 bridgehead atoms. The van der Waals surface area contributed by atoms with Gasteiger partial charge in [-0.25, -0.2) is 9.59 Å². The molecule has 8 nitrogen and oxygen atoms in total. The van der Waals surface area contributed by atoms with Crippen LogP contribution in [0.4, 0.5) is 13.2 Å². The van der Waals surface area contributed by atoms with Gasteiger partial charge in [-0.1, -0.05) is 48.5 Å². The number of nitrogens with zero attached hydrogens (tertiary/aromatic N) is 2. The standard InChI is InChI=1S/C28H29F3N2O6/c1-3-37-26(35)24(39-25(34)23(36-2)19-9-5-4-6-10-19)27(14-15-27)21-11-7-8-12-22(21)38-17-20-13-16-32-33(20)18-28(29,30)31/h4-13,16,23-24H,3,14-15,17-18H2,1-2H3/t23-,24+/m1/s1. The number of rotatable bonds is 12. The van der Waals surface area contributed by atoms with Crippen molar-refractivity contribution in [3.63, 3.8) is 0 Å². The van der Waals surface area contributed by atoms with E-state index < -0.39 is 42.3 Å². The first-order valence-electron chi connectivity index (χ1n) is 12.4. The van der Waals surface area contributed by atoms with E-state index in [1.807, 2.05) is 0 Å². The van der Waals surface area contributed by atoms with E-state index in [4.69, 9.17) is 18.9 Å². The second-order valence-corrected chi connectivity index (χ2v) is 9.13. The predicted octanol–water partition coefficient (Wildman–Crippen LogP) is 4.92. The maximum absolute atomic E-state index is 13.2. The fraction of sp³-hybridized carbons (Fsp3) is 0.393. The Kier molecular flexibility index (Phi) is 8.59. The maximum Gasteiger partial charge on any atom is 0.408 e. The molecule has 2 aromatic carbocycles. The maximum atomic E-state index is 13.2. The summed E-state index contributed by atoms with van der Waals surface area (Å²) in [5, 5.41) is 3.74. The molecule has 0 radical (unpaired) electrons. The van der Waals surface area contributed by atoms with Crippen molar-refractivity contribution < 1.29 is 41.7 Å². The van der Waals surface area contributed by atoms with Crippen LogP contribution in [0.25, 0.3) is 0 Å². The molecule has 2 atom stereocenters. The van der Waals surface area contributed by atoms with Gasteiger partial charge in [0.1, 0.15) is 18.9 Å². The zero-order valence-corrected chi connectivity index (χ0v) is 21.5. The Hall–Kier alpha value is -3.86. The van der Waals surface area contributed by atoms with Crippen LogP contribution >= 0.6 is 0 Å². The smallest absolute Gasteiger partial charge is 0.408 e. The van der Waals surface area contributed by atoms with Crippen LogP contribution in [0.3, 0.4) is 0 Å². The summed E-state index contributed by atoms with van der Waals surface area (Å²) in [4.78, 5) is 26.3. The summed E-state index contributed by atoms with van der Waals surface area (Å²) in [6.07, 6.45) is -4.51. The molecule has 208 valence electrons. The minimum atomic E-state index is -4.44. The van der Waals surface area contributed by atoms with Crippen LogP contribution in [0.2, 0.25) is 0 Å². The van der Waals surface area contributed by atoms with E-state index in [9.17, 15) is 22.8 Å². The summed E-state index contributed by atoms with van der Waals surface area (Å²) in [6.45, 7) is 0.302. The van der Waals surface area contributed by atoms with E-state index in [1.165, 1.54) is 19.4 Å². The molecule has 0 N–H and O–H groups in total. The number of para-hydroxylation sites is 1. The van der Waals surface area contributed by atoms with E-state index in [0.29, 0.717) is 29.7 Å². The van der Waals surface area contributed by atoms with Crippen LogP contribution in [0.5, 0.6) is 5.75 Å². The second-order valence-electron chi connectivity index (χ2n) is 9.13. The molecule has 1 aliphatic rings. The van der Waals surface area contributed by atoms with E-state index in [1.54, 1.807) is 61.5 Å². The van der Waals surface area contributed by atoms with Crippen molar-refractivity contribution in [2.24, 2.45) is 0 Å². The topological polar surface area (TPSA) is 88.9 Å². The molecule has 1 aliphatic carbocycles. The van der Waals surface area contributed by atoms with Gasteiger partial charge in [-0.15, -0.1) is 0 Å². The molecule has 0 spiro atoms. The molecule has 11 heteroatoms. The van der Waals surface area contributed by atoms with Gasteiger partial charge in [-0.05, 0) is 37.5 Å². The van der Waals surface area contributed by atoms with Crippen LogP contribution in [-0.2, 0) is 42.4 Å². The van der Waals surface area contributed by atoms with Gasteiger partial charge in [-0.2, -0.15) is 18.3 Å². The van der Waals surface area contributed by atoms with Crippen molar-refractivity contribution in [1.82, 2.24) is 9.78 Å². The third-order valence-corrected chi connectivity index (χ3v) is 6.51. The fourth-order valence-electron chi connectivity index (χ4n) is 4.54. The van der Waals surface area contributed by atoms with Gasteiger partial charge in [0.25, 0.3) is 0 Å². The number of halogens is 3. The lowest BCUT2D eigenvalue weighted by Gasteiger charge is -2.28. The number of esters is 2. The molecule has 1 fully saturated rings. The van der Waals surface area contributed by atoms with Crippen molar-refractivity contribution >= 4 is 11.9 Å². The van der Waals surface area contributed by atoms with Gasteiger partial charge in [0.2, 0.25) is 6.10 Å². The summed E-state index contributed by atoms with van der Waals surface area (Å²) in [6, 6.07) is 17.1. The summed E-state index contributed by atoms with van der Waals surface area (Å²) in [7, 11) is 1.37. The molecule has 1 heterocycles. The van der Waals surface area contributed by atoms with Crippen molar-refractivity contribution in [2.45, 2.75) is 56.7 Å². The normalized spacial score (nSPS) is 15.7. The fourth-order valence-corrected chi connectivity index (χ4v) is 4.54. The van der Waals surface area contributed by atoms with E-state index in [0.717, 1.165) is 4.68 Å². The molecular formula is C28H29F3N2O6. The zero-order chi connectivity index (χ0) is 28.0. The largest absolute Gasteiger partial charge is 0.487 e. The van der Waals surface area contributed by atoms with E-state index in [2.05, 4.69) is 5.10 Å². The highest BCUT2D eigenvalue weighted by molar-refractivity contribution is 5.84. The Bertz CT molecular complexity index is 1270. The van der Waals surface area contributed by atoms with Gasteiger partial charge in [0.15, 0.2) is 6.10 Å². The summed E-state index contributed by atoms with van der Waals surface area (Å²) < 4.78 is 62.0. The summed E-state index contributed by atoms with van der Waals surface area (Å²) >= 11 is 0. The van der Waals surface area contributed by atoms with Gasteiger partial charge in [0, 0.05) is 24.3 Å². The van der Waals surface area contributed by atoms with Crippen LogP contribution in [-0.4, -0.2) is 47.7 Å². The minimum Gasteiger partial charge on any atom is -0.487 e. The lowest BCUT2D eigenvalue weighted by Crippen LogP contribution is -2.41. The molecule has 0 saturated heterocycles. The Morgan fingerprint density at radius 3 is 2.36 bits per heavy atom. The van der Waals surface area contributed by atoms with Crippen molar-refractivity contribution in [2.75, 3.05) is 13.7 Å². The average Bonchev–Trinajstić information content (AvgIpc) is 3.59. The number of alkyl halides is 3. The first-order chi connectivity index (χ1) is 18.7. The molecule has 0 unspecified atom stereocenters. The van der Waals surface area contributed by atoms with Crippen molar-refractivity contribution in [3.05, 3.63) is 83.7 Å². The first kappa shape index (κ1) is 28.2. The van der Waals surface area contributed by atoms with Gasteiger partial charge >= 0.3 is 18.1 Å². The molecule has 4 rings (SSSR count). The Labute approximate surface area is 223 Å². The molecule has 0 aliphatic heterocycles. The third kappa shape index (κ3) is 6.59. The zero-order valence-electron chi connectivity index (χ0n) is 21.5. The highest BCUT2D eigenvalue weighted by Crippen LogP contribution is 2.55. The van der Waals surface area contributed by atoms with Crippen molar-refractivity contribution in [3.8, 4) is 5.75 Å². The summed E-state index contributed by atoms with van der Waals surface area (Å²) in [5.74, 6) is -1.10. The number of hydrogen-bond donors (Lipinski definition) is 0. The lowest BCUT2D eigenvalue weighted by atomic mass is 9.88. The predicted molar refractivity (Wildman–Crippen MR) is 133 cm³/mol. The van der Waals surface area contributed by atoms with Gasteiger partial charge < -0.3 is 18.9 Å². The highest BCUT2D eigenvalue weighted by Gasteiger charge is 2.58. The van der Waals surface area contributed by atoms with Crippen molar-refractivity contribution in [1.29, 1.82) is 0 Å². The molecule has 1 saturated carbocycles. The molecule has 3 aromatic rings. The monoisotopic (exact) mass is 546 g/mol. The lowest BCUT2D eigenvalue weighted by molar-refractivity contribution is -0.177. The quantitative estimate of drug-likeness (QED) is 0.298. The number of carbonyl (C=O) groups excluding carboxylic acids is 2. The highest BCUT2D eigenvalue weighted by atomic mass is 19.4. The summed E-state index contributed by atoms with van der Waals surface area (Å²) in [5.41, 5.74) is 0.453. The second kappa shape index (κ2) is 11.9. The number of benzene rings is 2. The number of methoxy groups -OCH3 is 1. The molecule has 39 heavy (non-hydrogen) atoms. The Balaban J connectivity index is 1.59. The van der Waals surface area contributed by atoms with Gasteiger partial charge in [0.05, 0.1) is 12.3 Å².